The Morgan fingerprint density at radius 3 is 2.78 bits per heavy atom. The van der Waals surface area contributed by atoms with Gasteiger partial charge in [0.1, 0.15) is 5.75 Å². The highest BCUT2D eigenvalue weighted by atomic mass is 35.5. The highest BCUT2D eigenvalue weighted by molar-refractivity contribution is 6.30. The molecule has 1 aliphatic heterocycles. The summed E-state index contributed by atoms with van der Waals surface area (Å²) in [6.45, 7) is 4.75. The molecule has 1 aromatic carbocycles. The molecule has 2 rings (SSSR count). The van der Waals surface area contributed by atoms with Gasteiger partial charge in [0.2, 0.25) is 5.91 Å². The van der Waals surface area contributed by atoms with E-state index in [1.54, 1.807) is 13.2 Å². The Morgan fingerprint density at radius 2 is 2.13 bits per heavy atom. The summed E-state index contributed by atoms with van der Waals surface area (Å²) in [5, 5.41) is 6.98. The summed E-state index contributed by atoms with van der Waals surface area (Å²) in [7, 11) is 1.62. The summed E-state index contributed by atoms with van der Waals surface area (Å²) in [6.07, 6.45) is 2.90. The second-order valence-electron chi connectivity index (χ2n) is 6.00. The van der Waals surface area contributed by atoms with Gasteiger partial charge in [0.25, 0.3) is 0 Å². The second-order valence-corrected chi connectivity index (χ2v) is 6.44. The van der Waals surface area contributed by atoms with E-state index in [2.05, 4.69) is 17.6 Å². The van der Waals surface area contributed by atoms with E-state index in [0.717, 1.165) is 37.2 Å². The van der Waals surface area contributed by atoms with Crippen molar-refractivity contribution >= 4 is 29.9 Å². The molecule has 0 spiro atoms. The van der Waals surface area contributed by atoms with Crippen molar-refractivity contribution in [1.82, 2.24) is 10.6 Å². The van der Waals surface area contributed by atoms with Crippen molar-refractivity contribution < 1.29 is 9.53 Å². The van der Waals surface area contributed by atoms with Crippen LogP contribution in [0.15, 0.2) is 18.2 Å². The van der Waals surface area contributed by atoms with Crippen LogP contribution in [0.1, 0.15) is 31.7 Å². The Labute approximate surface area is 149 Å². The number of nitrogens with one attached hydrogen (secondary N) is 2. The first kappa shape index (κ1) is 20.1. The van der Waals surface area contributed by atoms with E-state index < -0.39 is 0 Å². The molecule has 0 aliphatic carbocycles. The molecule has 2 N–H and O–H groups in total. The van der Waals surface area contributed by atoms with Gasteiger partial charge in [-0.1, -0.05) is 18.5 Å². The van der Waals surface area contributed by atoms with E-state index in [1.165, 1.54) is 0 Å². The zero-order chi connectivity index (χ0) is 15.9. The van der Waals surface area contributed by atoms with Crippen molar-refractivity contribution in [3.8, 4) is 5.75 Å². The number of carbonyl (C=O) groups is 1. The monoisotopic (exact) mass is 360 g/mol. The van der Waals surface area contributed by atoms with Gasteiger partial charge >= 0.3 is 0 Å². The number of methoxy groups -OCH3 is 1. The van der Waals surface area contributed by atoms with E-state index in [4.69, 9.17) is 16.3 Å². The number of rotatable bonds is 6. The quantitative estimate of drug-likeness (QED) is 0.816. The fourth-order valence-corrected chi connectivity index (χ4v) is 3.22. The van der Waals surface area contributed by atoms with Crippen molar-refractivity contribution in [3.63, 3.8) is 0 Å². The molecule has 130 valence electrons. The Kier molecular flexibility index (Phi) is 8.74. The minimum Gasteiger partial charge on any atom is -0.496 e. The average Bonchev–Trinajstić information content (AvgIpc) is 2.54. The predicted molar refractivity (Wildman–Crippen MR) is 96.5 cm³/mol. The lowest BCUT2D eigenvalue weighted by molar-refractivity contribution is -0.122. The van der Waals surface area contributed by atoms with E-state index in [0.29, 0.717) is 29.8 Å². The Morgan fingerprint density at radius 1 is 1.43 bits per heavy atom. The van der Waals surface area contributed by atoms with E-state index in [9.17, 15) is 4.79 Å². The maximum atomic E-state index is 12.2. The third-order valence-electron chi connectivity index (χ3n) is 4.41. The number of benzene rings is 1. The summed E-state index contributed by atoms with van der Waals surface area (Å²) in [5.74, 6) is 1.90. The van der Waals surface area contributed by atoms with Gasteiger partial charge in [0.05, 0.1) is 7.11 Å². The highest BCUT2D eigenvalue weighted by Gasteiger charge is 2.22. The lowest BCUT2D eigenvalue weighted by Gasteiger charge is -2.27. The SMILES string of the molecule is COc1ccc(Cl)cc1CNC(=O)CC(C)C1CCNCC1.Cl. The molecule has 1 saturated heterocycles. The molecule has 1 unspecified atom stereocenters. The molecule has 1 aromatic rings. The fourth-order valence-electron chi connectivity index (χ4n) is 3.02. The summed E-state index contributed by atoms with van der Waals surface area (Å²) in [6, 6.07) is 5.43. The standard InChI is InChI=1S/C17H25ClN2O2.ClH/c1-12(13-5-7-19-8-6-13)9-17(21)20-11-14-10-15(18)3-4-16(14)22-2;/h3-4,10,12-13,19H,5-9,11H2,1-2H3,(H,20,21);1H. The van der Waals surface area contributed by atoms with Crippen LogP contribution in [0.4, 0.5) is 0 Å². The third-order valence-corrected chi connectivity index (χ3v) is 4.65. The molecule has 4 nitrogen and oxygen atoms in total. The lowest BCUT2D eigenvalue weighted by atomic mass is 9.84. The number of hydrogen-bond donors (Lipinski definition) is 2. The molecule has 1 amide bonds. The number of piperidine rings is 1. The molecule has 0 bridgehead atoms. The third kappa shape index (κ3) is 6.21. The maximum Gasteiger partial charge on any atom is 0.220 e. The van der Waals surface area contributed by atoms with Crippen LogP contribution < -0.4 is 15.4 Å². The minimum atomic E-state index is 0. The molecule has 1 heterocycles. The Balaban J connectivity index is 0.00000264. The van der Waals surface area contributed by atoms with Crippen LogP contribution in [-0.2, 0) is 11.3 Å². The van der Waals surface area contributed by atoms with Gasteiger partial charge in [0.15, 0.2) is 0 Å². The van der Waals surface area contributed by atoms with Crippen molar-refractivity contribution in [2.24, 2.45) is 11.8 Å². The van der Waals surface area contributed by atoms with Crippen LogP contribution in [0.2, 0.25) is 5.02 Å². The second kappa shape index (κ2) is 10.0. The van der Waals surface area contributed by atoms with Crippen molar-refractivity contribution in [1.29, 1.82) is 0 Å². The van der Waals surface area contributed by atoms with Gasteiger partial charge in [-0.3, -0.25) is 4.79 Å². The van der Waals surface area contributed by atoms with Crippen LogP contribution in [0.5, 0.6) is 5.75 Å². The normalized spacial score (nSPS) is 16.3. The smallest absolute Gasteiger partial charge is 0.220 e. The van der Waals surface area contributed by atoms with Gasteiger partial charge in [-0.15, -0.1) is 12.4 Å². The topological polar surface area (TPSA) is 50.4 Å². The number of amides is 1. The van der Waals surface area contributed by atoms with Gasteiger partial charge in [-0.05, 0) is 56.0 Å². The van der Waals surface area contributed by atoms with Crippen molar-refractivity contribution in [3.05, 3.63) is 28.8 Å². The van der Waals surface area contributed by atoms with Gasteiger partial charge in [-0.2, -0.15) is 0 Å². The molecular formula is C17H26Cl2N2O2. The maximum absolute atomic E-state index is 12.2. The first-order valence-corrected chi connectivity index (χ1v) is 8.27. The van der Waals surface area contributed by atoms with Crippen LogP contribution in [0.3, 0.4) is 0 Å². The molecular weight excluding hydrogens is 335 g/mol. The van der Waals surface area contributed by atoms with Crippen LogP contribution in [0, 0.1) is 11.8 Å². The number of halogens is 2. The summed E-state index contributed by atoms with van der Waals surface area (Å²) >= 11 is 6.00. The van der Waals surface area contributed by atoms with E-state index in [-0.39, 0.29) is 18.3 Å². The van der Waals surface area contributed by atoms with Gasteiger partial charge in [-0.25, -0.2) is 0 Å². The van der Waals surface area contributed by atoms with Gasteiger partial charge < -0.3 is 15.4 Å². The Hall–Kier alpha value is -0.970. The molecule has 1 aliphatic rings. The van der Waals surface area contributed by atoms with Crippen LogP contribution in [0.25, 0.3) is 0 Å². The molecule has 0 saturated carbocycles. The Bertz CT molecular complexity index is 505. The molecule has 6 heteroatoms. The molecule has 23 heavy (non-hydrogen) atoms. The van der Waals surface area contributed by atoms with Crippen LogP contribution >= 0.6 is 24.0 Å². The summed E-state index contributed by atoms with van der Waals surface area (Å²) in [5.41, 5.74) is 0.901. The van der Waals surface area contributed by atoms with Crippen LogP contribution in [-0.4, -0.2) is 26.1 Å². The van der Waals surface area contributed by atoms with Gasteiger partial charge in [0, 0.05) is 23.6 Å². The van der Waals surface area contributed by atoms with Crippen molar-refractivity contribution in [2.75, 3.05) is 20.2 Å². The number of hydrogen-bond acceptors (Lipinski definition) is 3. The lowest BCUT2D eigenvalue weighted by Crippen LogP contribution is -2.33. The average molecular weight is 361 g/mol. The first-order chi connectivity index (χ1) is 10.6. The molecule has 0 radical (unpaired) electrons. The molecule has 1 fully saturated rings. The largest absolute Gasteiger partial charge is 0.496 e. The predicted octanol–water partition coefficient (Wildman–Crippen LogP) is 3.41. The van der Waals surface area contributed by atoms with Crippen molar-refractivity contribution in [2.45, 2.75) is 32.7 Å². The number of carbonyl (C=O) groups excluding carboxylic acids is 1. The first-order valence-electron chi connectivity index (χ1n) is 7.90. The number of ether oxygens (including phenoxy) is 1. The zero-order valence-corrected chi connectivity index (χ0v) is 15.3. The molecule has 0 aromatic heterocycles. The van der Waals surface area contributed by atoms with E-state index >= 15 is 0 Å². The fraction of sp³-hybridized carbons (Fsp3) is 0.588. The summed E-state index contributed by atoms with van der Waals surface area (Å²) in [4.78, 5) is 12.2. The molecule has 1 atom stereocenters. The summed E-state index contributed by atoms with van der Waals surface area (Å²) < 4.78 is 5.29. The van der Waals surface area contributed by atoms with E-state index in [1.807, 2.05) is 12.1 Å². The minimum absolute atomic E-state index is 0. The zero-order valence-electron chi connectivity index (χ0n) is 13.7. The highest BCUT2D eigenvalue weighted by Crippen LogP contribution is 2.25.